The van der Waals surface area contributed by atoms with Gasteiger partial charge in [-0.3, -0.25) is 14.6 Å². The molecular formula is C6H6F3N5O. The summed E-state index contributed by atoms with van der Waals surface area (Å²) in [6.45, 7) is -0.201. The number of nitrogens with one attached hydrogen (secondary N) is 1. The third-order valence-corrected chi connectivity index (χ3v) is 1.58. The molecule has 0 aliphatic rings. The number of rotatable bonds is 3. The first kappa shape index (κ1) is 11.2. The molecule has 1 rings (SSSR count). The molecule has 1 aromatic rings. The Morgan fingerprint density at radius 3 is 2.73 bits per heavy atom. The predicted molar refractivity (Wildman–Crippen MR) is 44.1 cm³/mol. The molecule has 0 aromatic carbocycles. The molecule has 15 heavy (non-hydrogen) atoms. The smallest absolute Gasteiger partial charge is 0.291 e. The first-order valence-corrected chi connectivity index (χ1v) is 3.83. The summed E-state index contributed by atoms with van der Waals surface area (Å²) in [5.41, 5.74) is 6.00. The summed E-state index contributed by atoms with van der Waals surface area (Å²) < 4.78 is 37.0. The number of aromatic nitrogens is 2. The zero-order valence-electron chi connectivity index (χ0n) is 7.32. The van der Waals surface area contributed by atoms with Crippen LogP contribution in [0.5, 0.6) is 0 Å². The first-order valence-electron chi connectivity index (χ1n) is 3.83. The van der Waals surface area contributed by atoms with Crippen molar-refractivity contribution in [1.82, 2.24) is 9.78 Å². The summed E-state index contributed by atoms with van der Waals surface area (Å²) in [6, 6.07) is 0.454. The first-order chi connectivity index (χ1) is 6.95. The van der Waals surface area contributed by atoms with Crippen LogP contribution in [-0.4, -0.2) is 16.3 Å². The Morgan fingerprint density at radius 2 is 2.27 bits per heavy atom. The van der Waals surface area contributed by atoms with Crippen molar-refractivity contribution >= 4 is 0 Å². The molecule has 0 fully saturated rings. The third kappa shape index (κ3) is 2.78. The molecule has 0 saturated carbocycles. The molecule has 0 aliphatic heterocycles. The molecular weight excluding hydrogens is 215 g/mol. The van der Waals surface area contributed by atoms with E-state index in [9.17, 15) is 18.0 Å². The maximum absolute atomic E-state index is 12.1. The van der Waals surface area contributed by atoms with E-state index in [0.717, 1.165) is 4.68 Å². The van der Waals surface area contributed by atoms with Gasteiger partial charge < -0.3 is 0 Å². The lowest BCUT2D eigenvalue weighted by atomic mass is 10.4. The van der Waals surface area contributed by atoms with Crippen molar-refractivity contribution in [2.45, 2.75) is 12.7 Å². The maximum atomic E-state index is 12.1. The molecule has 82 valence electrons. The van der Waals surface area contributed by atoms with Crippen LogP contribution in [0.25, 0.3) is 10.4 Å². The van der Waals surface area contributed by atoms with Crippen LogP contribution in [0.2, 0.25) is 0 Å². The van der Waals surface area contributed by atoms with Gasteiger partial charge in [-0.05, 0) is 5.53 Å². The van der Waals surface area contributed by atoms with Crippen LogP contribution in [0.15, 0.2) is 16.0 Å². The van der Waals surface area contributed by atoms with Gasteiger partial charge in [0.05, 0.1) is 0 Å². The van der Waals surface area contributed by atoms with E-state index in [1.807, 2.05) is 5.10 Å². The Hall–Kier alpha value is -1.89. The van der Waals surface area contributed by atoms with Crippen LogP contribution in [0, 0.1) is 0 Å². The van der Waals surface area contributed by atoms with Crippen LogP contribution < -0.4 is 5.56 Å². The fraction of sp³-hybridized carbons (Fsp3) is 0.500. The molecule has 0 saturated heterocycles. The lowest BCUT2D eigenvalue weighted by Gasteiger charge is -2.02. The van der Waals surface area contributed by atoms with Crippen molar-refractivity contribution in [3.8, 4) is 0 Å². The van der Waals surface area contributed by atoms with E-state index in [0.29, 0.717) is 6.07 Å². The zero-order chi connectivity index (χ0) is 11.5. The van der Waals surface area contributed by atoms with Gasteiger partial charge >= 0.3 is 6.18 Å². The van der Waals surface area contributed by atoms with E-state index in [4.69, 9.17) is 5.53 Å². The van der Waals surface area contributed by atoms with Gasteiger partial charge in [-0.2, -0.15) is 13.2 Å². The van der Waals surface area contributed by atoms with E-state index in [1.54, 1.807) is 0 Å². The fourth-order valence-electron chi connectivity index (χ4n) is 0.935. The highest BCUT2D eigenvalue weighted by molar-refractivity contribution is 5.03. The predicted octanol–water partition coefficient (Wildman–Crippen LogP) is 1.51. The van der Waals surface area contributed by atoms with Gasteiger partial charge in [0.15, 0.2) is 0 Å². The van der Waals surface area contributed by atoms with Crippen molar-refractivity contribution in [3.05, 3.63) is 32.6 Å². The highest BCUT2D eigenvalue weighted by Gasteiger charge is 2.33. The minimum Gasteiger partial charge on any atom is -0.291 e. The van der Waals surface area contributed by atoms with Gasteiger partial charge in [0.25, 0.3) is 5.56 Å². The summed E-state index contributed by atoms with van der Waals surface area (Å²) in [5, 5.41) is 4.98. The Balaban J connectivity index is 2.87. The van der Waals surface area contributed by atoms with Crippen molar-refractivity contribution in [2.24, 2.45) is 5.11 Å². The van der Waals surface area contributed by atoms with Crippen LogP contribution in [0.3, 0.4) is 0 Å². The summed E-state index contributed by atoms with van der Waals surface area (Å²) in [4.78, 5) is 13.4. The molecule has 1 heterocycles. The number of alkyl halides is 3. The SMILES string of the molecule is [N-]=[N+]=NCCn1[nH]c(C(F)(F)F)cc1=O. The van der Waals surface area contributed by atoms with E-state index < -0.39 is 17.4 Å². The van der Waals surface area contributed by atoms with Gasteiger partial charge in [-0.15, -0.1) is 0 Å². The third-order valence-electron chi connectivity index (χ3n) is 1.58. The Bertz CT molecular complexity index is 438. The molecule has 0 spiro atoms. The normalized spacial score (nSPS) is 11.1. The second-order valence-electron chi connectivity index (χ2n) is 2.61. The molecule has 0 atom stereocenters. The molecule has 0 bridgehead atoms. The summed E-state index contributed by atoms with van der Waals surface area (Å²) in [7, 11) is 0. The van der Waals surface area contributed by atoms with E-state index >= 15 is 0 Å². The van der Waals surface area contributed by atoms with Crippen LogP contribution in [0.1, 0.15) is 5.69 Å². The largest absolute Gasteiger partial charge is 0.432 e. The molecule has 0 aliphatic carbocycles. The molecule has 0 amide bonds. The second-order valence-corrected chi connectivity index (χ2v) is 2.61. The molecule has 1 aromatic heterocycles. The van der Waals surface area contributed by atoms with Crippen molar-refractivity contribution in [2.75, 3.05) is 6.54 Å². The van der Waals surface area contributed by atoms with Crippen molar-refractivity contribution < 1.29 is 13.2 Å². The number of H-pyrrole nitrogens is 1. The average molecular weight is 221 g/mol. The van der Waals surface area contributed by atoms with Crippen LogP contribution >= 0.6 is 0 Å². The van der Waals surface area contributed by atoms with E-state index in [1.165, 1.54) is 0 Å². The number of hydrogen-bond acceptors (Lipinski definition) is 2. The Labute approximate surface area is 80.9 Å². The minimum atomic E-state index is -4.58. The molecule has 0 unspecified atom stereocenters. The van der Waals surface area contributed by atoms with Gasteiger partial charge in [-0.1, -0.05) is 5.11 Å². The average Bonchev–Trinajstić information content (AvgIpc) is 2.48. The number of nitrogens with zero attached hydrogens (tertiary/aromatic N) is 4. The Kier molecular flexibility index (Phi) is 3.05. The standard InChI is InChI=1S/C6H6F3N5O/c7-6(8,9)4-3-5(15)14(12-4)2-1-11-13-10/h3,12H,1-2H2. The number of azide groups is 1. The lowest BCUT2D eigenvalue weighted by Crippen LogP contribution is -2.17. The molecule has 0 radical (unpaired) electrons. The van der Waals surface area contributed by atoms with Gasteiger partial charge in [0.1, 0.15) is 5.69 Å². The van der Waals surface area contributed by atoms with Gasteiger partial charge in [0, 0.05) is 24.1 Å². The van der Waals surface area contributed by atoms with Crippen molar-refractivity contribution in [3.63, 3.8) is 0 Å². The zero-order valence-corrected chi connectivity index (χ0v) is 7.32. The Morgan fingerprint density at radius 1 is 1.60 bits per heavy atom. The van der Waals surface area contributed by atoms with Crippen LogP contribution in [0.4, 0.5) is 13.2 Å². The fourth-order valence-corrected chi connectivity index (χ4v) is 0.935. The number of aromatic amines is 1. The minimum absolute atomic E-state index is 0.0891. The molecule has 9 heteroatoms. The second kappa shape index (κ2) is 4.09. The van der Waals surface area contributed by atoms with E-state index in [-0.39, 0.29) is 13.1 Å². The maximum Gasteiger partial charge on any atom is 0.432 e. The van der Waals surface area contributed by atoms with Crippen LogP contribution in [-0.2, 0) is 12.7 Å². The highest BCUT2D eigenvalue weighted by Crippen LogP contribution is 2.26. The number of halogens is 3. The summed E-state index contributed by atoms with van der Waals surface area (Å²) in [6.07, 6.45) is -4.58. The van der Waals surface area contributed by atoms with Gasteiger partial charge in [-0.25, -0.2) is 0 Å². The monoisotopic (exact) mass is 221 g/mol. The quantitative estimate of drug-likeness (QED) is 0.468. The topological polar surface area (TPSA) is 86.6 Å². The summed E-state index contributed by atoms with van der Waals surface area (Å²) in [5.74, 6) is 0. The van der Waals surface area contributed by atoms with Gasteiger partial charge in [0.2, 0.25) is 0 Å². The lowest BCUT2D eigenvalue weighted by molar-refractivity contribution is -0.141. The highest BCUT2D eigenvalue weighted by atomic mass is 19.4. The van der Waals surface area contributed by atoms with Crippen molar-refractivity contribution in [1.29, 1.82) is 0 Å². The number of hydrogen-bond donors (Lipinski definition) is 1. The molecule has 6 nitrogen and oxygen atoms in total. The van der Waals surface area contributed by atoms with E-state index in [2.05, 4.69) is 10.0 Å². The molecule has 1 N–H and O–H groups in total. The summed E-state index contributed by atoms with van der Waals surface area (Å²) >= 11 is 0.